The Kier molecular flexibility index (Phi) is 1.49. The van der Waals surface area contributed by atoms with Crippen LogP contribution in [0.15, 0.2) is 0 Å². The maximum absolute atomic E-state index is 10.9. The highest BCUT2D eigenvalue weighted by atomic mass is 16.5. The van der Waals surface area contributed by atoms with E-state index in [1.807, 2.05) is 0 Å². The first kappa shape index (κ1) is 6.35. The van der Waals surface area contributed by atoms with E-state index >= 15 is 0 Å². The van der Waals surface area contributed by atoms with Crippen molar-refractivity contribution in [1.82, 2.24) is 0 Å². The van der Waals surface area contributed by atoms with Crippen molar-refractivity contribution in [3.63, 3.8) is 0 Å². The molecule has 1 aliphatic carbocycles. The second-order valence-corrected chi connectivity index (χ2v) is 3.26. The van der Waals surface area contributed by atoms with Crippen LogP contribution in [0.25, 0.3) is 0 Å². The van der Waals surface area contributed by atoms with E-state index < -0.39 is 0 Å². The van der Waals surface area contributed by atoms with Gasteiger partial charge in [0.15, 0.2) is 0 Å². The molecule has 2 aliphatic rings. The fourth-order valence-electron chi connectivity index (χ4n) is 1.96. The van der Waals surface area contributed by atoms with Gasteiger partial charge >= 0.3 is 0 Å². The molecule has 0 amide bonds. The Labute approximate surface area is 60.6 Å². The summed E-state index contributed by atoms with van der Waals surface area (Å²) in [6.07, 6.45) is 4.11. The molecule has 2 atom stereocenters. The molecule has 0 bridgehead atoms. The van der Waals surface area contributed by atoms with E-state index in [2.05, 4.69) is 0 Å². The molecule has 2 unspecified atom stereocenters. The van der Waals surface area contributed by atoms with Gasteiger partial charge in [0.1, 0.15) is 5.78 Å². The lowest BCUT2D eigenvalue weighted by Crippen LogP contribution is -2.24. The fourth-order valence-corrected chi connectivity index (χ4v) is 1.96. The molecule has 2 heteroatoms. The average molecular weight is 140 g/mol. The van der Waals surface area contributed by atoms with Crippen LogP contribution >= 0.6 is 0 Å². The largest absolute Gasteiger partial charge is 0.377 e. The van der Waals surface area contributed by atoms with Crippen molar-refractivity contribution < 1.29 is 9.53 Å². The number of Topliss-reactive ketones (excluding diaryl/α,β-unsaturated/α-hetero) is 1. The molecule has 0 spiro atoms. The number of hydrogen-bond acceptors (Lipinski definition) is 2. The molecule has 2 fully saturated rings. The topological polar surface area (TPSA) is 26.3 Å². The lowest BCUT2D eigenvalue weighted by atomic mass is 9.97. The lowest BCUT2D eigenvalue weighted by Gasteiger charge is -2.24. The summed E-state index contributed by atoms with van der Waals surface area (Å²) in [5.74, 6) is 0.971. The summed E-state index contributed by atoms with van der Waals surface area (Å²) < 4.78 is 5.45. The highest BCUT2D eigenvalue weighted by Gasteiger charge is 2.35. The molecule has 0 radical (unpaired) electrons. The summed E-state index contributed by atoms with van der Waals surface area (Å²) in [4.78, 5) is 10.9. The summed E-state index contributed by atoms with van der Waals surface area (Å²) in [6, 6.07) is 0. The predicted molar refractivity (Wildman–Crippen MR) is 36.7 cm³/mol. The normalized spacial score (nSPS) is 39.8. The Bertz CT molecular complexity index is 137. The molecular formula is C8H12O2. The first-order chi connectivity index (χ1) is 4.86. The summed E-state index contributed by atoms with van der Waals surface area (Å²) in [5.41, 5.74) is 0. The first-order valence-electron chi connectivity index (χ1n) is 3.99. The number of carbonyl (C=O) groups is 1. The fraction of sp³-hybridized carbons (Fsp3) is 0.875. The Morgan fingerprint density at radius 3 is 3.10 bits per heavy atom. The van der Waals surface area contributed by atoms with E-state index in [4.69, 9.17) is 4.74 Å². The van der Waals surface area contributed by atoms with E-state index in [0.717, 1.165) is 19.4 Å². The molecule has 0 aromatic carbocycles. The summed E-state index contributed by atoms with van der Waals surface area (Å²) in [6.45, 7) is 0.869. The maximum Gasteiger partial charge on any atom is 0.135 e. The number of ketones is 1. The van der Waals surface area contributed by atoms with Gasteiger partial charge in [-0.05, 0) is 18.8 Å². The zero-order valence-corrected chi connectivity index (χ0v) is 6.01. The minimum absolute atomic E-state index is 0.293. The molecule has 1 saturated heterocycles. The standard InChI is InChI=1S/C8H12O2/c9-7-4-6-2-1-3-10-8(6)5-7/h6,8H,1-5H2. The van der Waals surface area contributed by atoms with Crippen LogP contribution in [0.5, 0.6) is 0 Å². The van der Waals surface area contributed by atoms with E-state index in [1.54, 1.807) is 0 Å². The lowest BCUT2D eigenvalue weighted by molar-refractivity contribution is -0.118. The van der Waals surface area contributed by atoms with Gasteiger partial charge in [-0.2, -0.15) is 0 Å². The van der Waals surface area contributed by atoms with Gasteiger partial charge in [-0.1, -0.05) is 0 Å². The quantitative estimate of drug-likeness (QED) is 0.504. The van der Waals surface area contributed by atoms with Gasteiger partial charge in [0.25, 0.3) is 0 Å². The summed E-state index contributed by atoms with van der Waals surface area (Å²) in [5, 5.41) is 0. The van der Waals surface area contributed by atoms with Crippen LogP contribution < -0.4 is 0 Å². The molecular weight excluding hydrogens is 128 g/mol. The third kappa shape index (κ3) is 0.966. The summed E-state index contributed by atoms with van der Waals surface area (Å²) in [7, 11) is 0. The molecule has 1 saturated carbocycles. The second-order valence-electron chi connectivity index (χ2n) is 3.26. The van der Waals surface area contributed by atoms with Crippen molar-refractivity contribution in [3.8, 4) is 0 Å². The van der Waals surface area contributed by atoms with Gasteiger partial charge in [-0.15, -0.1) is 0 Å². The van der Waals surface area contributed by atoms with E-state index in [0.29, 0.717) is 24.2 Å². The van der Waals surface area contributed by atoms with Crippen molar-refractivity contribution in [2.24, 2.45) is 5.92 Å². The van der Waals surface area contributed by atoms with Crippen LogP contribution in [0.4, 0.5) is 0 Å². The SMILES string of the molecule is O=C1CC2CCCOC2C1. The van der Waals surface area contributed by atoms with Crippen LogP contribution in [0, 0.1) is 5.92 Å². The highest BCUT2D eigenvalue weighted by Crippen LogP contribution is 2.32. The van der Waals surface area contributed by atoms with E-state index in [9.17, 15) is 4.79 Å². The highest BCUT2D eigenvalue weighted by molar-refractivity contribution is 5.81. The number of hydrogen-bond donors (Lipinski definition) is 0. The van der Waals surface area contributed by atoms with Gasteiger partial charge in [0.05, 0.1) is 6.10 Å². The molecule has 10 heavy (non-hydrogen) atoms. The minimum atomic E-state index is 0.293. The van der Waals surface area contributed by atoms with Gasteiger partial charge in [-0.3, -0.25) is 4.79 Å². The molecule has 2 rings (SSSR count). The molecule has 0 N–H and O–H groups in total. The van der Waals surface area contributed by atoms with Crippen molar-refractivity contribution in [1.29, 1.82) is 0 Å². The van der Waals surface area contributed by atoms with Crippen LogP contribution in [-0.4, -0.2) is 18.5 Å². The molecule has 1 aliphatic heterocycles. The van der Waals surface area contributed by atoms with Crippen LogP contribution in [-0.2, 0) is 9.53 Å². The number of rotatable bonds is 0. The number of ether oxygens (including phenoxy) is 1. The molecule has 0 aromatic rings. The monoisotopic (exact) mass is 140 g/mol. The Balaban J connectivity index is 2.04. The van der Waals surface area contributed by atoms with Crippen LogP contribution in [0.3, 0.4) is 0 Å². The van der Waals surface area contributed by atoms with Gasteiger partial charge < -0.3 is 4.74 Å². The second kappa shape index (κ2) is 2.35. The Morgan fingerprint density at radius 2 is 2.30 bits per heavy atom. The van der Waals surface area contributed by atoms with Crippen molar-refractivity contribution >= 4 is 5.78 Å². The number of carbonyl (C=O) groups excluding carboxylic acids is 1. The molecule has 1 heterocycles. The van der Waals surface area contributed by atoms with Crippen LogP contribution in [0.2, 0.25) is 0 Å². The first-order valence-corrected chi connectivity index (χ1v) is 3.99. The van der Waals surface area contributed by atoms with E-state index in [1.165, 1.54) is 6.42 Å². The van der Waals surface area contributed by atoms with Crippen molar-refractivity contribution in [3.05, 3.63) is 0 Å². The zero-order chi connectivity index (χ0) is 6.97. The smallest absolute Gasteiger partial charge is 0.135 e. The van der Waals surface area contributed by atoms with Crippen molar-refractivity contribution in [2.45, 2.75) is 31.8 Å². The maximum atomic E-state index is 10.9. The third-order valence-electron chi connectivity index (χ3n) is 2.50. The zero-order valence-electron chi connectivity index (χ0n) is 6.01. The Morgan fingerprint density at radius 1 is 1.40 bits per heavy atom. The van der Waals surface area contributed by atoms with Gasteiger partial charge in [0, 0.05) is 19.4 Å². The van der Waals surface area contributed by atoms with E-state index in [-0.39, 0.29) is 0 Å². The molecule has 56 valence electrons. The third-order valence-corrected chi connectivity index (χ3v) is 2.50. The molecule has 2 nitrogen and oxygen atoms in total. The average Bonchev–Trinajstić information content (AvgIpc) is 2.27. The van der Waals surface area contributed by atoms with Crippen molar-refractivity contribution in [2.75, 3.05) is 6.61 Å². The van der Waals surface area contributed by atoms with Gasteiger partial charge in [0.2, 0.25) is 0 Å². The number of fused-ring (bicyclic) bond motifs is 1. The predicted octanol–water partition coefficient (Wildman–Crippen LogP) is 1.14. The molecule has 0 aromatic heterocycles. The van der Waals surface area contributed by atoms with Gasteiger partial charge in [-0.25, -0.2) is 0 Å². The minimum Gasteiger partial charge on any atom is -0.377 e. The summed E-state index contributed by atoms with van der Waals surface area (Å²) >= 11 is 0. The Hall–Kier alpha value is -0.370. The van der Waals surface area contributed by atoms with Crippen LogP contribution in [0.1, 0.15) is 25.7 Å².